The van der Waals surface area contributed by atoms with Crippen LogP contribution in [0.5, 0.6) is 0 Å². The molecule has 2 rings (SSSR count). The number of benzene rings is 1. The van der Waals surface area contributed by atoms with Crippen LogP contribution in [0.2, 0.25) is 0 Å². The van der Waals surface area contributed by atoms with Gasteiger partial charge in [0, 0.05) is 6.04 Å². The van der Waals surface area contributed by atoms with Gasteiger partial charge in [-0.3, -0.25) is 0 Å². The summed E-state index contributed by atoms with van der Waals surface area (Å²) in [6.07, 6.45) is 2.29. The Kier molecular flexibility index (Phi) is 2.44. The molecule has 15 heavy (non-hydrogen) atoms. The van der Waals surface area contributed by atoms with E-state index in [1.807, 2.05) is 0 Å². The highest BCUT2D eigenvalue weighted by atomic mass is 19.1. The molecule has 1 aliphatic carbocycles. The number of carbonyl (C=O) groups is 1. The molecule has 0 unspecified atom stereocenters. The molecule has 0 aliphatic heterocycles. The Bertz CT molecular complexity index is 417. The first kappa shape index (κ1) is 10.1. The number of carboxylic acid groups (broad SMARTS) is 1. The van der Waals surface area contributed by atoms with Crippen LogP contribution in [0.4, 0.5) is 4.39 Å². The number of nitrogens with two attached hydrogens (primary N) is 1. The molecule has 0 heterocycles. The molecule has 80 valence electrons. The molecule has 3 nitrogen and oxygen atoms in total. The molecule has 0 saturated carbocycles. The van der Waals surface area contributed by atoms with Crippen molar-refractivity contribution < 1.29 is 14.3 Å². The van der Waals surface area contributed by atoms with Gasteiger partial charge in [-0.2, -0.15) is 0 Å². The van der Waals surface area contributed by atoms with Crippen molar-refractivity contribution >= 4 is 5.97 Å². The van der Waals surface area contributed by atoms with E-state index < -0.39 is 11.8 Å². The second-order valence-electron chi connectivity index (χ2n) is 3.83. The largest absolute Gasteiger partial charge is 0.478 e. The molecular weight excluding hydrogens is 197 g/mol. The Labute approximate surface area is 86.7 Å². The number of hydrogen-bond acceptors (Lipinski definition) is 2. The minimum absolute atomic E-state index is 0.0244. The molecule has 4 heteroatoms. The smallest absolute Gasteiger partial charge is 0.335 e. The summed E-state index contributed by atoms with van der Waals surface area (Å²) in [4.78, 5) is 10.7. The molecule has 3 N–H and O–H groups in total. The van der Waals surface area contributed by atoms with Crippen molar-refractivity contribution in [2.45, 2.75) is 25.3 Å². The van der Waals surface area contributed by atoms with E-state index in [1.165, 1.54) is 6.07 Å². The molecule has 1 aromatic carbocycles. The van der Waals surface area contributed by atoms with Crippen molar-refractivity contribution in [3.05, 3.63) is 34.6 Å². The van der Waals surface area contributed by atoms with Crippen molar-refractivity contribution in [1.82, 2.24) is 0 Å². The number of fused-ring (bicyclic) bond motifs is 1. The third-order valence-electron chi connectivity index (χ3n) is 2.82. The van der Waals surface area contributed by atoms with Gasteiger partial charge in [-0.05, 0) is 42.5 Å². The van der Waals surface area contributed by atoms with Gasteiger partial charge in [0.05, 0.1) is 5.56 Å². The number of rotatable bonds is 1. The van der Waals surface area contributed by atoms with Crippen molar-refractivity contribution in [1.29, 1.82) is 0 Å². The summed E-state index contributed by atoms with van der Waals surface area (Å²) < 4.78 is 13.5. The van der Waals surface area contributed by atoms with Crippen LogP contribution in [0.15, 0.2) is 12.1 Å². The van der Waals surface area contributed by atoms with Crippen LogP contribution in [0, 0.1) is 5.82 Å². The van der Waals surface area contributed by atoms with Crippen LogP contribution in [0.3, 0.4) is 0 Å². The zero-order valence-corrected chi connectivity index (χ0v) is 8.16. The highest BCUT2D eigenvalue weighted by molar-refractivity contribution is 5.88. The van der Waals surface area contributed by atoms with Gasteiger partial charge in [0.1, 0.15) is 5.82 Å². The molecule has 0 amide bonds. The molecule has 0 aromatic heterocycles. The zero-order valence-electron chi connectivity index (χ0n) is 8.16. The van der Waals surface area contributed by atoms with Gasteiger partial charge in [0.2, 0.25) is 0 Å². The highest BCUT2D eigenvalue weighted by Crippen LogP contribution is 2.30. The van der Waals surface area contributed by atoms with E-state index in [9.17, 15) is 9.18 Å². The van der Waals surface area contributed by atoms with E-state index in [-0.39, 0.29) is 11.6 Å². The SMILES string of the molecule is N[C@H]1CCCc2c(F)cc(C(=O)O)cc21. The van der Waals surface area contributed by atoms with Gasteiger partial charge in [-0.25, -0.2) is 9.18 Å². The molecule has 0 saturated heterocycles. The monoisotopic (exact) mass is 209 g/mol. The summed E-state index contributed by atoms with van der Waals surface area (Å²) in [7, 11) is 0. The maximum Gasteiger partial charge on any atom is 0.335 e. The summed E-state index contributed by atoms with van der Waals surface area (Å²) in [6.45, 7) is 0. The molecule has 0 bridgehead atoms. The van der Waals surface area contributed by atoms with E-state index >= 15 is 0 Å². The fraction of sp³-hybridized carbons (Fsp3) is 0.364. The summed E-state index contributed by atoms with van der Waals surface area (Å²) in [5, 5.41) is 8.79. The summed E-state index contributed by atoms with van der Waals surface area (Å²) in [5.41, 5.74) is 7.03. The van der Waals surface area contributed by atoms with E-state index in [4.69, 9.17) is 10.8 Å². The lowest BCUT2D eigenvalue weighted by Crippen LogP contribution is -2.19. The van der Waals surface area contributed by atoms with Crippen LogP contribution in [0.1, 0.15) is 40.4 Å². The van der Waals surface area contributed by atoms with Gasteiger partial charge in [0.15, 0.2) is 0 Å². The number of hydrogen-bond donors (Lipinski definition) is 2. The first-order valence-corrected chi connectivity index (χ1v) is 4.91. The first-order chi connectivity index (χ1) is 7.09. The fourth-order valence-corrected chi connectivity index (χ4v) is 2.03. The van der Waals surface area contributed by atoms with Gasteiger partial charge in [-0.1, -0.05) is 0 Å². The quantitative estimate of drug-likeness (QED) is 0.742. The first-order valence-electron chi connectivity index (χ1n) is 4.91. The van der Waals surface area contributed by atoms with Gasteiger partial charge in [-0.15, -0.1) is 0 Å². The molecule has 1 aromatic rings. The molecule has 1 atom stereocenters. The van der Waals surface area contributed by atoms with Crippen molar-refractivity contribution in [2.24, 2.45) is 5.73 Å². The van der Waals surface area contributed by atoms with Crippen LogP contribution >= 0.6 is 0 Å². The maximum atomic E-state index is 13.5. The molecule has 0 radical (unpaired) electrons. The number of carboxylic acids is 1. The second-order valence-corrected chi connectivity index (χ2v) is 3.83. The number of halogens is 1. The molecule has 0 spiro atoms. The Morgan fingerprint density at radius 2 is 2.27 bits per heavy atom. The third-order valence-corrected chi connectivity index (χ3v) is 2.82. The maximum absolute atomic E-state index is 13.5. The molecule has 1 aliphatic rings. The van der Waals surface area contributed by atoms with Crippen molar-refractivity contribution in [2.75, 3.05) is 0 Å². The Morgan fingerprint density at radius 3 is 2.93 bits per heavy atom. The third kappa shape index (κ3) is 1.72. The van der Waals surface area contributed by atoms with Crippen molar-refractivity contribution in [3.63, 3.8) is 0 Å². The lowest BCUT2D eigenvalue weighted by atomic mass is 9.86. The van der Waals surface area contributed by atoms with E-state index in [1.54, 1.807) is 0 Å². The predicted molar refractivity (Wildman–Crippen MR) is 53.2 cm³/mol. The summed E-state index contributed by atoms with van der Waals surface area (Å²) in [5.74, 6) is -1.56. The van der Waals surface area contributed by atoms with Crippen LogP contribution in [0.25, 0.3) is 0 Å². The van der Waals surface area contributed by atoms with E-state index in [0.29, 0.717) is 17.5 Å². The van der Waals surface area contributed by atoms with Crippen LogP contribution in [-0.2, 0) is 6.42 Å². The van der Waals surface area contributed by atoms with Crippen LogP contribution < -0.4 is 5.73 Å². The zero-order chi connectivity index (χ0) is 11.0. The predicted octanol–water partition coefficient (Wildman–Crippen LogP) is 1.86. The van der Waals surface area contributed by atoms with Gasteiger partial charge < -0.3 is 10.8 Å². The lowest BCUT2D eigenvalue weighted by molar-refractivity contribution is 0.0696. The molecule has 0 fully saturated rings. The highest BCUT2D eigenvalue weighted by Gasteiger charge is 2.22. The van der Waals surface area contributed by atoms with Gasteiger partial charge >= 0.3 is 5.97 Å². The van der Waals surface area contributed by atoms with Gasteiger partial charge in [0.25, 0.3) is 0 Å². The lowest BCUT2D eigenvalue weighted by Gasteiger charge is -2.22. The molecular formula is C11H12FNO2. The average Bonchev–Trinajstić information content (AvgIpc) is 2.19. The summed E-state index contributed by atoms with van der Waals surface area (Å²) in [6, 6.07) is 2.33. The standard InChI is InChI=1S/C11H12FNO2/c12-9-5-6(11(14)15)4-8-7(9)2-1-3-10(8)13/h4-5,10H,1-3,13H2,(H,14,15)/t10-/m0/s1. The van der Waals surface area contributed by atoms with E-state index in [0.717, 1.165) is 18.9 Å². The topological polar surface area (TPSA) is 63.3 Å². The summed E-state index contributed by atoms with van der Waals surface area (Å²) >= 11 is 0. The Hall–Kier alpha value is -1.42. The van der Waals surface area contributed by atoms with Crippen LogP contribution in [-0.4, -0.2) is 11.1 Å². The fourth-order valence-electron chi connectivity index (χ4n) is 2.03. The van der Waals surface area contributed by atoms with Crippen molar-refractivity contribution in [3.8, 4) is 0 Å². The van der Waals surface area contributed by atoms with E-state index in [2.05, 4.69) is 0 Å². The minimum atomic E-state index is -1.12. The normalized spacial score (nSPS) is 19.7. The minimum Gasteiger partial charge on any atom is -0.478 e. The second kappa shape index (κ2) is 3.62. The Morgan fingerprint density at radius 1 is 1.53 bits per heavy atom. The Balaban J connectivity index is 2.56. The number of aromatic carboxylic acids is 1. The average molecular weight is 209 g/mol.